The monoisotopic (exact) mass is 358 g/mol. The lowest BCUT2D eigenvalue weighted by Crippen LogP contribution is -2.33. The molecule has 140 valence electrons. The van der Waals surface area contributed by atoms with E-state index < -0.39 is 17.8 Å². The van der Waals surface area contributed by atoms with Gasteiger partial charge in [-0.1, -0.05) is 30.3 Å². The van der Waals surface area contributed by atoms with E-state index in [0.717, 1.165) is 11.3 Å². The SMILES string of the molecule is CC(C)(C)OC(=O)NCCCc1cccn1C(=O)OCc1ccccc1. The van der Waals surface area contributed by atoms with Gasteiger partial charge >= 0.3 is 12.2 Å². The van der Waals surface area contributed by atoms with E-state index in [2.05, 4.69) is 5.32 Å². The van der Waals surface area contributed by atoms with E-state index in [0.29, 0.717) is 19.4 Å². The molecule has 1 heterocycles. The number of aromatic nitrogens is 1. The van der Waals surface area contributed by atoms with E-state index in [1.54, 1.807) is 12.3 Å². The van der Waals surface area contributed by atoms with Crippen molar-refractivity contribution in [1.29, 1.82) is 0 Å². The van der Waals surface area contributed by atoms with Crippen molar-refractivity contribution >= 4 is 12.2 Å². The topological polar surface area (TPSA) is 69.6 Å². The normalized spacial score (nSPS) is 11.0. The summed E-state index contributed by atoms with van der Waals surface area (Å²) < 4.78 is 12.0. The molecule has 0 aliphatic rings. The lowest BCUT2D eigenvalue weighted by molar-refractivity contribution is 0.0527. The van der Waals surface area contributed by atoms with Gasteiger partial charge in [-0.05, 0) is 51.3 Å². The standard InChI is InChI=1S/C20H26N2O4/c1-20(2,3)26-18(23)21-13-7-11-17-12-8-14-22(17)19(24)25-15-16-9-5-4-6-10-16/h4-6,8-10,12,14H,7,11,13,15H2,1-3H3,(H,21,23). The van der Waals surface area contributed by atoms with Gasteiger partial charge in [-0.2, -0.15) is 0 Å². The third-order valence-corrected chi connectivity index (χ3v) is 3.51. The van der Waals surface area contributed by atoms with E-state index in [4.69, 9.17) is 9.47 Å². The molecule has 0 fully saturated rings. The Morgan fingerprint density at radius 1 is 1.08 bits per heavy atom. The van der Waals surface area contributed by atoms with Crippen LogP contribution < -0.4 is 5.32 Å². The molecule has 6 nitrogen and oxygen atoms in total. The average molecular weight is 358 g/mol. The minimum absolute atomic E-state index is 0.234. The molecule has 0 radical (unpaired) electrons. The maximum absolute atomic E-state index is 12.2. The molecule has 0 spiro atoms. The molecule has 0 atom stereocenters. The minimum Gasteiger partial charge on any atom is -0.444 e. The lowest BCUT2D eigenvalue weighted by Gasteiger charge is -2.19. The number of hydrogen-bond donors (Lipinski definition) is 1. The van der Waals surface area contributed by atoms with Crippen LogP contribution >= 0.6 is 0 Å². The Morgan fingerprint density at radius 3 is 2.50 bits per heavy atom. The molecule has 2 aromatic rings. The molecule has 0 aliphatic carbocycles. The Morgan fingerprint density at radius 2 is 1.81 bits per heavy atom. The van der Waals surface area contributed by atoms with Crippen LogP contribution in [0.1, 0.15) is 38.4 Å². The quantitative estimate of drug-likeness (QED) is 0.788. The average Bonchev–Trinajstić information content (AvgIpc) is 3.04. The minimum atomic E-state index is -0.513. The van der Waals surface area contributed by atoms with Crippen molar-refractivity contribution < 1.29 is 19.1 Å². The number of aryl methyl sites for hydroxylation is 1. The second kappa shape index (κ2) is 9.08. The van der Waals surface area contributed by atoms with Crippen LogP contribution in [0.2, 0.25) is 0 Å². The highest BCUT2D eigenvalue weighted by Gasteiger charge is 2.15. The van der Waals surface area contributed by atoms with Crippen molar-refractivity contribution in [1.82, 2.24) is 9.88 Å². The Bertz CT molecular complexity index is 717. The zero-order valence-corrected chi connectivity index (χ0v) is 15.5. The van der Waals surface area contributed by atoms with Gasteiger partial charge in [-0.3, -0.25) is 4.57 Å². The number of benzene rings is 1. The molecule has 1 amide bonds. The van der Waals surface area contributed by atoms with Crippen molar-refractivity contribution in [3.63, 3.8) is 0 Å². The lowest BCUT2D eigenvalue weighted by atomic mass is 10.2. The highest BCUT2D eigenvalue weighted by Crippen LogP contribution is 2.09. The molecule has 0 aliphatic heterocycles. The fourth-order valence-corrected chi connectivity index (χ4v) is 2.36. The molecule has 1 aromatic heterocycles. The molecule has 0 saturated carbocycles. The zero-order valence-electron chi connectivity index (χ0n) is 15.5. The number of rotatable bonds is 6. The van der Waals surface area contributed by atoms with Gasteiger partial charge in [0, 0.05) is 18.4 Å². The third kappa shape index (κ3) is 6.63. The van der Waals surface area contributed by atoms with Gasteiger partial charge in [0.15, 0.2) is 0 Å². The molecule has 1 aromatic carbocycles. The number of nitrogens with zero attached hydrogens (tertiary/aromatic N) is 1. The smallest absolute Gasteiger partial charge is 0.418 e. The van der Waals surface area contributed by atoms with Crippen molar-refractivity contribution in [2.24, 2.45) is 0 Å². The second-order valence-corrected chi connectivity index (χ2v) is 6.94. The summed E-state index contributed by atoms with van der Waals surface area (Å²) in [6.45, 7) is 6.16. The van der Waals surface area contributed by atoms with Gasteiger partial charge in [0.2, 0.25) is 0 Å². The molecule has 0 bridgehead atoms. The van der Waals surface area contributed by atoms with Crippen molar-refractivity contribution in [2.45, 2.75) is 45.8 Å². The molecule has 26 heavy (non-hydrogen) atoms. The van der Waals surface area contributed by atoms with Crippen LogP contribution in [0, 0.1) is 0 Å². The molecular weight excluding hydrogens is 332 g/mol. The number of amides is 1. The first-order valence-electron chi connectivity index (χ1n) is 8.69. The summed E-state index contributed by atoms with van der Waals surface area (Å²) in [7, 11) is 0. The van der Waals surface area contributed by atoms with Crippen molar-refractivity contribution in [3.05, 3.63) is 59.9 Å². The summed E-state index contributed by atoms with van der Waals surface area (Å²) in [5, 5.41) is 2.71. The summed E-state index contributed by atoms with van der Waals surface area (Å²) in [6, 6.07) is 13.2. The number of nitrogens with one attached hydrogen (secondary N) is 1. The number of carbonyl (C=O) groups is 2. The Balaban J connectivity index is 1.77. The first kappa shape index (κ1) is 19.6. The van der Waals surface area contributed by atoms with Crippen LogP contribution in [0.5, 0.6) is 0 Å². The summed E-state index contributed by atoms with van der Waals surface area (Å²) in [5.74, 6) is 0. The summed E-state index contributed by atoms with van der Waals surface area (Å²) in [6.07, 6.45) is 2.17. The van der Waals surface area contributed by atoms with E-state index in [1.165, 1.54) is 4.57 Å². The number of ether oxygens (including phenoxy) is 2. The Hall–Kier alpha value is -2.76. The van der Waals surface area contributed by atoms with Crippen molar-refractivity contribution in [2.75, 3.05) is 6.54 Å². The number of carbonyl (C=O) groups excluding carboxylic acids is 2. The van der Waals surface area contributed by atoms with Crippen LogP contribution in [0.4, 0.5) is 9.59 Å². The van der Waals surface area contributed by atoms with Crippen LogP contribution in [0.15, 0.2) is 48.7 Å². The predicted octanol–water partition coefficient (Wildman–Crippen LogP) is 4.13. The summed E-state index contributed by atoms with van der Waals surface area (Å²) >= 11 is 0. The van der Waals surface area contributed by atoms with Gasteiger partial charge in [0.1, 0.15) is 12.2 Å². The molecule has 1 N–H and O–H groups in total. The zero-order chi connectivity index (χ0) is 19.0. The van der Waals surface area contributed by atoms with Gasteiger partial charge < -0.3 is 14.8 Å². The van der Waals surface area contributed by atoms with Gasteiger partial charge in [0.25, 0.3) is 0 Å². The highest BCUT2D eigenvalue weighted by molar-refractivity contribution is 5.71. The van der Waals surface area contributed by atoms with E-state index in [9.17, 15) is 9.59 Å². The molecule has 6 heteroatoms. The number of alkyl carbamates (subject to hydrolysis) is 1. The summed E-state index contributed by atoms with van der Waals surface area (Å²) in [4.78, 5) is 23.9. The fourth-order valence-electron chi connectivity index (χ4n) is 2.36. The molecule has 0 saturated heterocycles. The van der Waals surface area contributed by atoms with E-state index in [-0.39, 0.29) is 6.61 Å². The third-order valence-electron chi connectivity index (χ3n) is 3.51. The predicted molar refractivity (Wildman–Crippen MR) is 99.0 cm³/mol. The maximum Gasteiger partial charge on any atom is 0.418 e. The van der Waals surface area contributed by atoms with Crippen LogP contribution in [0.25, 0.3) is 0 Å². The molecular formula is C20H26N2O4. The first-order chi connectivity index (χ1) is 12.3. The van der Waals surface area contributed by atoms with Crippen LogP contribution in [-0.4, -0.2) is 28.9 Å². The van der Waals surface area contributed by atoms with Gasteiger partial charge in [-0.15, -0.1) is 0 Å². The molecule has 2 rings (SSSR count). The second-order valence-electron chi connectivity index (χ2n) is 6.94. The van der Waals surface area contributed by atoms with Gasteiger partial charge in [0.05, 0.1) is 0 Å². The summed E-state index contributed by atoms with van der Waals surface area (Å²) in [5.41, 5.74) is 1.27. The largest absolute Gasteiger partial charge is 0.444 e. The fraction of sp³-hybridized carbons (Fsp3) is 0.400. The Kier molecular flexibility index (Phi) is 6.83. The Labute approximate surface area is 154 Å². The van der Waals surface area contributed by atoms with E-state index in [1.807, 2.05) is 57.2 Å². The molecule has 0 unspecified atom stereocenters. The van der Waals surface area contributed by atoms with Crippen LogP contribution in [0.3, 0.4) is 0 Å². The first-order valence-corrected chi connectivity index (χ1v) is 8.69. The van der Waals surface area contributed by atoms with Gasteiger partial charge in [-0.25, -0.2) is 9.59 Å². The highest BCUT2D eigenvalue weighted by atomic mass is 16.6. The van der Waals surface area contributed by atoms with Crippen LogP contribution in [-0.2, 0) is 22.5 Å². The maximum atomic E-state index is 12.2. The number of hydrogen-bond acceptors (Lipinski definition) is 4. The van der Waals surface area contributed by atoms with E-state index >= 15 is 0 Å². The van der Waals surface area contributed by atoms with Crippen molar-refractivity contribution in [3.8, 4) is 0 Å².